The Morgan fingerprint density at radius 1 is 1.50 bits per heavy atom. The molecule has 0 spiro atoms. The Bertz CT molecular complexity index is 344. The van der Waals surface area contributed by atoms with Crippen molar-refractivity contribution in [2.45, 2.75) is 6.42 Å². The first-order chi connectivity index (χ1) is 6.59. The molecule has 1 rings (SSSR count). The number of amides is 1. The van der Waals surface area contributed by atoms with Crippen molar-refractivity contribution in [1.82, 2.24) is 5.32 Å². The lowest BCUT2D eigenvalue weighted by molar-refractivity contribution is 0.262. The first-order valence-corrected chi connectivity index (χ1v) is 5.55. The van der Waals surface area contributed by atoms with Crippen molar-refractivity contribution in [3.05, 3.63) is 34.1 Å². The van der Waals surface area contributed by atoms with Gasteiger partial charge in [-0.05, 0) is 30.2 Å². The molecule has 0 aliphatic rings. The summed E-state index contributed by atoms with van der Waals surface area (Å²) in [6, 6.07) is 4.74. The van der Waals surface area contributed by atoms with Gasteiger partial charge in [0.2, 0.25) is 0 Å². The monoisotopic (exact) mass is 323 g/mol. The Kier molecular flexibility index (Phi) is 4.54. The average Bonchev–Trinajstić information content (AvgIpc) is 2.10. The van der Waals surface area contributed by atoms with Gasteiger partial charge in [-0.3, -0.25) is 4.79 Å². The predicted octanol–water partition coefficient (Wildman–Crippen LogP) is 3.24. The highest BCUT2D eigenvalue weighted by atomic mass is 79.9. The predicted molar refractivity (Wildman–Crippen MR) is 60.1 cm³/mol. The van der Waals surface area contributed by atoms with Crippen molar-refractivity contribution in [2.75, 3.05) is 6.54 Å². The summed E-state index contributed by atoms with van der Waals surface area (Å²) >= 11 is 5.98. The summed E-state index contributed by atoms with van der Waals surface area (Å²) in [5.41, 5.74) is 0.584. The summed E-state index contributed by atoms with van der Waals surface area (Å²) in [5, 5.41) is 2.54. The van der Waals surface area contributed by atoms with E-state index in [2.05, 4.69) is 37.2 Å². The maximum absolute atomic E-state index is 13.1. The van der Waals surface area contributed by atoms with E-state index in [1.165, 1.54) is 6.07 Å². The van der Waals surface area contributed by atoms with Gasteiger partial charge in [-0.15, -0.1) is 0 Å². The van der Waals surface area contributed by atoms with Crippen LogP contribution in [0.1, 0.15) is 5.56 Å². The van der Waals surface area contributed by atoms with E-state index in [-0.39, 0.29) is 10.6 Å². The lowest BCUT2D eigenvalue weighted by Crippen LogP contribution is -2.19. The van der Waals surface area contributed by atoms with Crippen molar-refractivity contribution in [3.8, 4) is 0 Å². The number of carbonyl (C=O) groups is 1. The molecule has 0 saturated heterocycles. The van der Waals surface area contributed by atoms with E-state index in [0.29, 0.717) is 18.5 Å². The van der Waals surface area contributed by atoms with Crippen LogP contribution in [0.4, 0.5) is 9.18 Å². The summed E-state index contributed by atoms with van der Waals surface area (Å²) in [4.78, 5) is 10.2. The summed E-state index contributed by atoms with van der Waals surface area (Å²) < 4.78 is 14.0. The summed E-state index contributed by atoms with van der Waals surface area (Å²) in [6.45, 7) is 0.414. The van der Waals surface area contributed by atoms with E-state index >= 15 is 0 Å². The molecule has 0 heterocycles. The normalized spacial score (nSPS) is 9.93. The molecule has 1 N–H and O–H groups in total. The molecule has 0 saturated carbocycles. The molecule has 0 aliphatic heterocycles. The van der Waals surface area contributed by atoms with Crippen LogP contribution in [0.3, 0.4) is 0 Å². The lowest BCUT2D eigenvalue weighted by Gasteiger charge is -2.03. The molecule has 76 valence electrons. The van der Waals surface area contributed by atoms with Gasteiger partial charge in [-0.25, -0.2) is 4.39 Å². The third kappa shape index (κ3) is 3.75. The topological polar surface area (TPSA) is 29.1 Å². The van der Waals surface area contributed by atoms with Crippen molar-refractivity contribution in [1.29, 1.82) is 0 Å². The van der Waals surface area contributed by atoms with Crippen LogP contribution in [0.5, 0.6) is 0 Å². The number of hydrogen-bond acceptors (Lipinski definition) is 1. The average molecular weight is 325 g/mol. The molecular weight excluding hydrogens is 317 g/mol. The number of nitrogens with one attached hydrogen (secondary N) is 1. The molecule has 0 aliphatic carbocycles. The molecular formula is C9H8Br2FNO. The third-order valence-corrected chi connectivity index (χ3v) is 2.44. The lowest BCUT2D eigenvalue weighted by atomic mass is 10.1. The smallest absolute Gasteiger partial charge is 0.287 e. The standard InChI is InChI=1S/C9H8Br2FNO/c10-7-1-2-8(12)6(5-7)3-4-13-9(11)14/h1-2,5H,3-4H2,(H,13,14). The molecule has 5 heteroatoms. The molecule has 0 fully saturated rings. The van der Waals surface area contributed by atoms with Gasteiger partial charge in [0, 0.05) is 26.9 Å². The van der Waals surface area contributed by atoms with Gasteiger partial charge >= 0.3 is 0 Å². The Hall–Kier alpha value is -0.420. The molecule has 0 bridgehead atoms. The van der Waals surface area contributed by atoms with Crippen molar-refractivity contribution >= 4 is 36.7 Å². The van der Waals surface area contributed by atoms with E-state index in [0.717, 1.165) is 4.47 Å². The minimum atomic E-state index is -0.284. The van der Waals surface area contributed by atoms with Crippen LogP contribution in [0.2, 0.25) is 0 Å². The van der Waals surface area contributed by atoms with Gasteiger partial charge in [0.1, 0.15) is 5.82 Å². The van der Waals surface area contributed by atoms with Crippen molar-refractivity contribution in [2.24, 2.45) is 0 Å². The van der Waals surface area contributed by atoms with Crippen LogP contribution in [-0.4, -0.2) is 11.4 Å². The molecule has 2 nitrogen and oxygen atoms in total. The van der Waals surface area contributed by atoms with E-state index in [4.69, 9.17) is 0 Å². The Balaban J connectivity index is 2.57. The first-order valence-electron chi connectivity index (χ1n) is 3.97. The highest BCUT2D eigenvalue weighted by Gasteiger charge is 2.02. The molecule has 0 unspecified atom stereocenters. The number of benzene rings is 1. The second-order valence-corrected chi connectivity index (χ2v) is 4.32. The van der Waals surface area contributed by atoms with Gasteiger partial charge in [-0.1, -0.05) is 15.9 Å². The minimum Gasteiger partial charge on any atom is -0.346 e. The number of carbonyl (C=O) groups excluding carboxylic acids is 1. The van der Waals surface area contributed by atoms with E-state index in [1.54, 1.807) is 12.1 Å². The number of rotatable bonds is 3. The summed E-state index contributed by atoms with van der Waals surface area (Å²) in [7, 11) is 0. The van der Waals surface area contributed by atoms with Crippen LogP contribution in [0.25, 0.3) is 0 Å². The molecule has 0 radical (unpaired) electrons. The largest absolute Gasteiger partial charge is 0.346 e. The summed E-state index contributed by atoms with van der Waals surface area (Å²) in [6.07, 6.45) is 0.475. The van der Waals surface area contributed by atoms with Crippen LogP contribution in [0, 0.1) is 5.82 Å². The summed E-state index contributed by atoms with van der Waals surface area (Å²) in [5.74, 6) is -0.253. The van der Waals surface area contributed by atoms with Gasteiger partial charge in [-0.2, -0.15) is 0 Å². The fourth-order valence-corrected chi connectivity index (χ4v) is 1.64. The van der Waals surface area contributed by atoms with E-state index < -0.39 is 0 Å². The Morgan fingerprint density at radius 3 is 2.86 bits per heavy atom. The van der Waals surface area contributed by atoms with Crippen molar-refractivity contribution < 1.29 is 9.18 Å². The van der Waals surface area contributed by atoms with Gasteiger partial charge in [0.05, 0.1) is 0 Å². The number of hydrogen-bond donors (Lipinski definition) is 1. The fourth-order valence-electron chi connectivity index (χ4n) is 1.03. The first kappa shape index (κ1) is 11.7. The highest BCUT2D eigenvalue weighted by molar-refractivity contribution is 9.18. The molecule has 0 atom stereocenters. The van der Waals surface area contributed by atoms with E-state index in [9.17, 15) is 9.18 Å². The van der Waals surface area contributed by atoms with Gasteiger partial charge in [0.25, 0.3) is 4.82 Å². The van der Waals surface area contributed by atoms with Gasteiger partial charge in [0.15, 0.2) is 0 Å². The van der Waals surface area contributed by atoms with Crippen LogP contribution >= 0.6 is 31.9 Å². The molecule has 0 aromatic heterocycles. The number of halogens is 3. The second-order valence-electron chi connectivity index (χ2n) is 2.69. The molecule has 1 aromatic carbocycles. The van der Waals surface area contributed by atoms with Gasteiger partial charge < -0.3 is 5.32 Å². The van der Waals surface area contributed by atoms with Crippen LogP contribution < -0.4 is 5.32 Å². The fraction of sp³-hybridized carbons (Fsp3) is 0.222. The zero-order valence-electron chi connectivity index (χ0n) is 7.19. The zero-order chi connectivity index (χ0) is 10.6. The maximum atomic E-state index is 13.1. The van der Waals surface area contributed by atoms with Crippen molar-refractivity contribution in [3.63, 3.8) is 0 Å². The van der Waals surface area contributed by atoms with Crippen LogP contribution in [0.15, 0.2) is 22.7 Å². The Morgan fingerprint density at radius 2 is 2.21 bits per heavy atom. The molecule has 1 amide bonds. The second kappa shape index (κ2) is 5.46. The quantitative estimate of drug-likeness (QED) is 0.671. The molecule has 1 aromatic rings. The minimum absolute atomic E-state index is 0.253. The SMILES string of the molecule is O=C(Br)NCCc1cc(Br)ccc1F. The van der Waals surface area contributed by atoms with Crippen LogP contribution in [-0.2, 0) is 6.42 Å². The third-order valence-electron chi connectivity index (χ3n) is 1.67. The highest BCUT2D eigenvalue weighted by Crippen LogP contribution is 2.15. The van der Waals surface area contributed by atoms with E-state index in [1.807, 2.05) is 0 Å². The Labute approximate surface area is 98.1 Å². The maximum Gasteiger partial charge on any atom is 0.287 e. The molecule has 14 heavy (non-hydrogen) atoms. The zero-order valence-corrected chi connectivity index (χ0v) is 10.4.